The second-order valence-corrected chi connectivity index (χ2v) is 6.49. The van der Waals surface area contributed by atoms with Crippen LogP contribution in [0.25, 0.3) is 0 Å². The molecule has 1 heteroatoms. The van der Waals surface area contributed by atoms with Crippen LogP contribution >= 0.6 is 0 Å². The van der Waals surface area contributed by atoms with E-state index in [1.54, 1.807) is 0 Å². The first-order valence-corrected chi connectivity index (χ1v) is 8.98. The summed E-state index contributed by atoms with van der Waals surface area (Å²) in [6, 6.07) is 8.04. The molecule has 1 aromatic carbocycles. The molecule has 0 aromatic heterocycles. The van der Waals surface area contributed by atoms with Gasteiger partial charge in [-0.05, 0) is 42.4 Å². The molecule has 1 N–H and O–H groups in total. The van der Waals surface area contributed by atoms with Crippen molar-refractivity contribution in [3.63, 3.8) is 0 Å². The first kappa shape index (κ1) is 18.1. The lowest BCUT2D eigenvalue weighted by molar-refractivity contribution is 0.307. The van der Waals surface area contributed by atoms with Crippen LogP contribution in [0.4, 0.5) is 0 Å². The molecule has 120 valence electrons. The zero-order valence-electron chi connectivity index (χ0n) is 14.3. The molecular formula is C20H34O. The van der Waals surface area contributed by atoms with Gasteiger partial charge in [0.05, 0.1) is 0 Å². The van der Waals surface area contributed by atoms with E-state index in [9.17, 15) is 5.11 Å². The molecule has 0 fully saturated rings. The summed E-state index contributed by atoms with van der Waals surface area (Å²) in [7, 11) is 0. The third-order valence-electron chi connectivity index (χ3n) is 4.76. The van der Waals surface area contributed by atoms with Gasteiger partial charge in [-0.1, -0.05) is 77.8 Å². The van der Waals surface area contributed by atoms with Gasteiger partial charge in [0.1, 0.15) is 5.75 Å². The smallest absolute Gasteiger partial charge is 0.115 e. The Morgan fingerprint density at radius 1 is 0.714 bits per heavy atom. The Morgan fingerprint density at radius 2 is 1.19 bits per heavy atom. The third-order valence-corrected chi connectivity index (χ3v) is 4.76. The van der Waals surface area contributed by atoms with Gasteiger partial charge in [-0.3, -0.25) is 0 Å². The summed E-state index contributed by atoms with van der Waals surface area (Å²) in [6.07, 6.45) is 12.9. The molecule has 21 heavy (non-hydrogen) atoms. The summed E-state index contributed by atoms with van der Waals surface area (Å²) in [5, 5.41) is 9.59. The lowest BCUT2D eigenvalue weighted by atomic mass is 9.69. The molecule has 0 amide bonds. The maximum atomic E-state index is 9.59. The minimum Gasteiger partial charge on any atom is -0.508 e. The average molecular weight is 290 g/mol. The molecule has 0 aliphatic carbocycles. The highest BCUT2D eigenvalue weighted by molar-refractivity contribution is 5.31. The van der Waals surface area contributed by atoms with E-state index in [1.165, 1.54) is 69.8 Å². The van der Waals surface area contributed by atoms with Crippen LogP contribution in [0.3, 0.4) is 0 Å². The van der Waals surface area contributed by atoms with E-state index in [2.05, 4.69) is 32.9 Å². The fourth-order valence-corrected chi connectivity index (χ4v) is 3.37. The fourth-order valence-electron chi connectivity index (χ4n) is 3.37. The van der Waals surface area contributed by atoms with Gasteiger partial charge in [-0.2, -0.15) is 0 Å². The van der Waals surface area contributed by atoms with Gasteiger partial charge >= 0.3 is 0 Å². The van der Waals surface area contributed by atoms with Gasteiger partial charge in [0, 0.05) is 0 Å². The Kier molecular flexibility index (Phi) is 8.49. The number of hydrogen-bond acceptors (Lipinski definition) is 1. The Bertz CT molecular complexity index is 358. The van der Waals surface area contributed by atoms with Gasteiger partial charge in [-0.15, -0.1) is 0 Å². The molecule has 1 rings (SSSR count). The zero-order valence-corrected chi connectivity index (χ0v) is 14.3. The molecule has 0 aliphatic heterocycles. The lowest BCUT2D eigenvalue weighted by Gasteiger charge is -2.35. The molecular weight excluding hydrogens is 256 g/mol. The summed E-state index contributed by atoms with van der Waals surface area (Å²) >= 11 is 0. The summed E-state index contributed by atoms with van der Waals surface area (Å²) in [5.74, 6) is 0.382. The number of phenols is 1. The number of phenolic OH excluding ortho intramolecular Hbond substituents is 1. The van der Waals surface area contributed by atoms with Crippen LogP contribution in [0.1, 0.15) is 90.5 Å². The number of hydrogen-bond donors (Lipinski definition) is 1. The van der Waals surface area contributed by atoms with Crippen molar-refractivity contribution < 1.29 is 5.11 Å². The minimum absolute atomic E-state index is 0.328. The van der Waals surface area contributed by atoms with Crippen molar-refractivity contribution in [3.05, 3.63) is 29.8 Å². The van der Waals surface area contributed by atoms with Crippen molar-refractivity contribution in [2.24, 2.45) is 0 Å². The van der Waals surface area contributed by atoms with Crippen molar-refractivity contribution >= 4 is 0 Å². The van der Waals surface area contributed by atoms with Crippen LogP contribution in [0.15, 0.2) is 24.3 Å². The molecule has 0 saturated carbocycles. The molecule has 0 saturated heterocycles. The van der Waals surface area contributed by atoms with Gasteiger partial charge < -0.3 is 5.11 Å². The maximum Gasteiger partial charge on any atom is 0.115 e. The fraction of sp³-hybridized carbons (Fsp3) is 0.700. The highest BCUT2D eigenvalue weighted by Gasteiger charge is 2.30. The lowest BCUT2D eigenvalue weighted by Crippen LogP contribution is -2.26. The van der Waals surface area contributed by atoms with Gasteiger partial charge in [-0.25, -0.2) is 0 Å². The van der Waals surface area contributed by atoms with Crippen LogP contribution < -0.4 is 0 Å². The second kappa shape index (κ2) is 9.87. The van der Waals surface area contributed by atoms with Crippen molar-refractivity contribution in [1.29, 1.82) is 0 Å². The summed E-state index contributed by atoms with van der Waals surface area (Å²) in [5.41, 5.74) is 1.77. The third kappa shape index (κ3) is 5.73. The highest BCUT2D eigenvalue weighted by Crippen LogP contribution is 2.40. The Balaban J connectivity index is 2.97. The van der Waals surface area contributed by atoms with E-state index < -0.39 is 0 Å². The molecule has 0 atom stereocenters. The zero-order chi connectivity index (χ0) is 15.6. The summed E-state index contributed by atoms with van der Waals surface area (Å²) in [6.45, 7) is 6.85. The molecule has 0 aliphatic rings. The Morgan fingerprint density at radius 3 is 1.67 bits per heavy atom. The van der Waals surface area contributed by atoms with E-state index >= 15 is 0 Å². The van der Waals surface area contributed by atoms with Crippen molar-refractivity contribution in [3.8, 4) is 5.75 Å². The normalized spacial score (nSPS) is 11.8. The monoisotopic (exact) mass is 290 g/mol. The van der Waals surface area contributed by atoms with Gasteiger partial charge in [0.25, 0.3) is 0 Å². The van der Waals surface area contributed by atoms with E-state index in [0.29, 0.717) is 11.2 Å². The SMILES string of the molecule is CCCCCC(CCCC)(CCCC)c1ccc(O)cc1. The van der Waals surface area contributed by atoms with E-state index in [1.807, 2.05) is 12.1 Å². The van der Waals surface area contributed by atoms with Crippen LogP contribution in [0.5, 0.6) is 5.75 Å². The second-order valence-electron chi connectivity index (χ2n) is 6.49. The van der Waals surface area contributed by atoms with E-state index in [-0.39, 0.29) is 0 Å². The Hall–Kier alpha value is -0.980. The number of unbranched alkanes of at least 4 members (excludes halogenated alkanes) is 4. The molecule has 0 radical (unpaired) electrons. The number of benzene rings is 1. The van der Waals surface area contributed by atoms with E-state index in [4.69, 9.17) is 0 Å². The van der Waals surface area contributed by atoms with Crippen LogP contribution in [0, 0.1) is 0 Å². The largest absolute Gasteiger partial charge is 0.508 e. The molecule has 1 aromatic rings. The first-order chi connectivity index (χ1) is 10.2. The molecule has 0 spiro atoms. The number of rotatable bonds is 11. The van der Waals surface area contributed by atoms with Crippen LogP contribution in [0.2, 0.25) is 0 Å². The molecule has 0 heterocycles. The standard InChI is InChI=1S/C20H34O/c1-4-7-10-17-20(15-8-5-2,16-9-6-3)18-11-13-19(21)14-12-18/h11-14,21H,4-10,15-17H2,1-3H3. The average Bonchev–Trinajstić information content (AvgIpc) is 2.51. The first-order valence-electron chi connectivity index (χ1n) is 8.98. The van der Waals surface area contributed by atoms with Crippen LogP contribution in [-0.2, 0) is 5.41 Å². The predicted molar refractivity (Wildman–Crippen MR) is 93.0 cm³/mol. The summed E-state index contributed by atoms with van der Waals surface area (Å²) in [4.78, 5) is 0. The molecule has 0 bridgehead atoms. The topological polar surface area (TPSA) is 20.2 Å². The maximum absolute atomic E-state index is 9.59. The molecule has 1 nitrogen and oxygen atoms in total. The van der Waals surface area contributed by atoms with Crippen molar-refractivity contribution in [2.45, 2.75) is 90.4 Å². The van der Waals surface area contributed by atoms with Crippen molar-refractivity contribution in [1.82, 2.24) is 0 Å². The number of aromatic hydroxyl groups is 1. The highest BCUT2D eigenvalue weighted by atomic mass is 16.3. The summed E-state index contributed by atoms with van der Waals surface area (Å²) < 4.78 is 0. The Labute approximate surface area is 131 Å². The van der Waals surface area contributed by atoms with Crippen molar-refractivity contribution in [2.75, 3.05) is 0 Å². The van der Waals surface area contributed by atoms with E-state index in [0.717, 1.165) is 0 Å². The minimum atomic E-state index is 0.328. The molecule has 0 unspecified atom stereocenters. The quantitative estimate of drug-likeness (QED) is 0.456. The van der Waals surface area contributed by atoms with Gasteiger partial charge in [0.15, 0.2) is 0 Å². The van der Waals surface area contributed by atoms with Crippen LogP contribution in [-0.4, -0.2) is 5.11 Å². The van der Waals surface area contributed by atoms with Gasteiger partial charge in [0.2, 0.25) is 0 Å². The predicted octanol–water partition coefficient (Wildman–Crippen LogP) is 6.59.